The number of hydrogen-bond acceptors (Lipinski definition) is 3. The molecule has 0 radical (unpaired) electrons. The van der Waals surface area contributed by atoms with Crippen molar-refractivity contribution < 1.29 is 0 Å². The molecule has 17 heavy (non-hydrogen) atoms. The summed E-state index contributed by atoms with van der Waals surface area (Å²) < 4.78 is 1.36. The first-order valence-electron chi connectivity index (χ1n) is 5.25. The topological polar surface area (TPSA) is 60.9 Å². The lowest BCUT2D eigenvalue weighted by molar-refractivity contribution is 0.590. The van der Waals surface area contributed by atoms with E-state index >= 15 is 0 Å². The quantitative estimate of drug-likeness (QED) is 0.897. The van der Waals surface area contributed by atoms with Gasteiger partial charge in [-0.3, -0.25) is 4.79 Å². The first-order valence-corrected chi connectivity index (χ1v) is 5.62. The molecule has 88 valence electrons. The Hall–Kier alpha value is -1.65. The number of rotatable bonds is 3. The van der Waals surface area contributed by atoms with Gasteiger partial charge in [-0.25, -0.2) is 4.68 Å². The van der Waals surface area contributed by atoms with Crippen molar-refractivity contribution in [1.82, 2.24) is 9.78 Å². The molecule has 0 aliphatic carbocycles. The predicted octanol–water partition coefficient (Wildman–Crippen LogP) is 1.52. The van der Waals surface area contributed by atoms with E-state index in [1.165, 1.54) is 10.7 Å². The monoisotopic (exact) mass is 249 g/mol. The highest BCUT2D eigenvalue weighted by Crippen LogP contribution is 2.19. The van der Waals surface area contributed by atoms with Crippen LogP contribution in [0.2, 0.25) is 5.02 Å². The van der Waals surface area contributed by atoms with Crippen molar-refractivity contribution in [2.24, 2.45) is 5.73 Å². The SMILES string of the molecule is NCCn1nc(-c2cccc(Cl)c2)ccc1=O. The second-order valence-corrected chi connectivity index (χ2v) is 4.02. The highest BCUT2D eigenvalue weighted by Gasteiger charge is 2.03. The van der Waals surface area contributed by atoms with Crippen molar-refractivity contribution >= 4 is 11.6 Å². The summed E-state index contributed by atoms with van der Waals surface area (Å²) in [5, 5.41) is 4.88. The van der Waals surface area contributed by atoms with Crippen LogP contribution in [0.3, 0.4) is 0 Å². The molecular formula is C12H12ClN3O. The zero-order valence-corrected chi connectivity index (χ0v) is 9.89. The molecule has 5 heteroatoms. The number of nitrogens with zero attached hydrogens (tertiary/aromatic N) is 2. The van der Waals surface area contributed by atoms with Crippen LogP contribution in [-0.2, 0) is 6.54 Å². The zero-order chi connectivity index (χ0) is 12.3. The van der Waals surface area contributed by atoms with Crippen LogP contribution in [0.5, 0.6) is 0 Å². The molecular weight excluding hydrogens is 238 g/mol. The van der Waals surface area contributed by atoms with Crippen molar-refractivity contribution in [3.63, 3.8) is 0 Å². The fourth-order valence-corrected chi connectivity index (χ4v) is 1.72. The van der Waals surface area contributed by atoms with Gasteiger partial charge in [-0.15, -0.1) is 0 Å². The highest BCUT2D eigenvalue weighted by atomic mass is 35.5. The van der Waals surface area contributed by atoms with Crippen molar-refractivity contribution in [3.8, 4) is 11.3 Å². The minimum atomic E-state index is -0.152. The summed E-state index contributed by atoms with van der Waals surface area (Å²) in [4.78, 5) is 11.5. The summed E-state index contributed by atoms with van der Waals surface area (Å²) in [6.45, 7) is 0.791. The van der Waals surface area contributed by atoms with Crippen LogP contribution in [0.15, 0.2) is 41.2 Å². The maximum Gasteiger partial charge on any atom is 0.266 e. The number of benzene rings is 1. The van der Waals surface area contributed by atoms with Crippen LogP contribution in [0, 0.1) is 0 Å². The Kier molecular flexibility index (Phi) is 3.56. The molecule has 2 N–H and O–H groups in total. The summed E-state index contributed by atoms with van der Waals surface area (Å²) in [6, 6.07) is 10.5. The van der Waals surface area contributed by atoms with E-state index in [1.54, 1.807) is 18.2 Å². The largest absolute Gasteiger partial charge is 0.329 e. The molecule has 0 atom stereocenters. The molecule has 1 aromatic carbocycles. The van der Waals surface area contributed by atoms with Crippen LogP contribution in [-0.4, -0.2) is 16.3 Å². The lowest BCUT2D eigenvalue weighted by Gasteiger charge is -2.05. The van der Waals surface area contributed by atoms with Gasteiger partial charge in [0.15, 0.2) is 0 Å². The van der Waals surface area contributed by atoms with Crippen LogP contribution in [0.4, 0.5) is 0 Å². The number of nitrogens with two attached hydrogens (primary N) is 1. The molecule has 0 bridgehead atoms. The van der Waals surface area contributed by atoms with Crippen LogP contribution < -0.4 is 11.3 Å². The molecule has 0 saturated carbocycles. The minimum Gasteiger partial charge on any atom is -0.329 e. The molecule has 0 unspecified atom stereocenters. The Bertz CT molecular complexity index is 580. The molecule has 0 spiro atoms. The van der Waals surface area contributed by atoms with E-state index < -0.39 is 0 Å². The first kappa shape index (κ1) is 11.8. The third-order valence-corrected chi connectivity index (χ3v) is 2.56. The maximum absolute atomic E-state index is 11.5. The van der Waals surface area contributed by atoms with Crippen LogP contribution in [0.25, 0.3) is 11.3 Å². The number of aromatic nitrogens is 2. The van der Waals surface area contributed by atoms with E-state index in [-0.39, 0.29) is 5.56 Å². The van der Waals surface area contributed by atoms with E-state index in [2.05, 4.69) is 5.10 Å². The lowest BCUT2D eigenvalue weighted by atomic mass is 10.1. The van der Waals surface area contributed by atoms with Gasteiger partial charge in [0, 0.05) is 23.2 Å². The normalized spacial score (nSPS) is 10.5. The summed E-state index contributed by atoms with van der Waals surface area (Å²) in [5.41, 5.74) is 6.86. The Labute approximate surface area is 104 Å². The first-order chi connectivity index (χ1) is 8.20. The minimum absolute atomic E-state index is 0.152. The predicted molar refractivity (Wildman–Crippen MR) is 68.0 cm³/mol. The molecule has 0 aliphatic rings. The summed E-state index contributed by atoms with van der Waals surface area (Å²) in [7, 11) is 0. The zero-order valence-electron chi connectivity index (χ0n) is 9.14. The van der Waals surface area contributed by atoms with Crippen LogP contribution >= 0.6 is 11.6 Å². The third-order valence-electron chi connectivity index (χ3n) is 2.33. The van der Waals surface area contributed by atoms with Gasteiger partial charge in [0.05, 0.1) is 12.2 Å². The second kappa shape index (κ2) is 5.12. The second-order valence-electron chi connectivity index (χ2n) is 3.58. The highest BCUT2D eigenvalue weighted by molar-refractivity contribution is 6.30. The van der Waals surface area contributed by atoms with E-state index in [0.29, 0.717) is 23.8 Å². The average Bonchev–Trinajstić information content (AvgIpc) is 2.32. The van der Waals surface area contributed by atoms with Crippen LogP contribution in [0.1, 0.15) is 0 Å². The summed E-state index contributed by atoms with van der Waals surface area (Å²) >= 11 is 5.91. The van der Waals surface area contributed by atoms with Gasteiger partial charge in [0.2, 0.25) is 0 Å². The Balaban J connectivity index is 2.46. The van der Waals surface area contributed by atoms with Crippen molar-refractivity contribution in [2.75, 3.05) is 6.54 Å². The Morgan fingerprint density at radius 3 is 2.82 bits per heavy atom. The fourth-order valence-electron chi connectivity index (χ4n) is 1.53. The number of halogens is 1. The third kappa shape index (κ3) is 2.72. The van der Waals surface area contributed by atoms with E-state index in [0.717, 1.165) is 5.56 Å². The standard InChI is InChI=1S/C12H12ClN3O/c13-10-3-1-2-9(8-10)11-4-5-12(17)16(15-11)7-6-14/h1-5,8H,6-7,14H2. The molecule has 0 amide bonds. The maximum atomic E-state index is 11.5. The molecule has 1 heterocycles. The fraction of sp³-hybridized carbons (Fsp3) is 0.167. The smallest absolute Gasteiger partial charge is 0.266 e. The molecule has 0 fully saturated rings. The number of hydrogen-bond donors (Lipinski definition) is 1. The molecule has 2 aromatic rings. The van der Waals surface area contributed by atoms with E-state index in [4.69, 9.17) is 17.3 Å². The molecule has 0 aliphatic heterocycles. The molecule has 1 aromatic heterocycles. The lowest BCUT2D eigenvalue weighted by Crippen LogP contribution is -2.25. The van der Waals surface area contributed by atoms with Gasteiger partial charge in [-0.1, -0.05) is 23.7 Å². The summed E-state index contributed by atoms with van der Waals surface area (Å²) in [5.74, 6) is 0. The van der Waals surface area contributed by atoms with E-state index in [1.807, 2.05) is 12.1 Å². The summed E-state index contributed by atoms with van der Waals surface area (Å²) in [6.07, 6.45) is 0. The van der Waals surface area contributed by atoms with Gasteiger partial charge < -0.3 is 5.73 Å². The van der Waals surface area contributed by atoms with Gasteiger partial charge in [-0.05, 0) is 18.2 Å². The molecule has 2 rings (SSSR count). The van der Waals surface area contributed by atoms with Crippen molar-refractivity contribution in [3.05, 3.63) is 51.8 Å². The van der Waals surface area contributed by atoms with Gasteiger partial charge in [0.1, 0.15) is 0 Å². The average molecular weight is 250 g/mol. The Morgan fingerprint density at radius 2 is 2.12 bits per heavy atom. The van der Waals surface area contributed by atoms with E-state index in [9.17, 15) is 4.79 Å². The molecule has 0 saturated heterocycles. The van der Waals surface area contributed by atoms with Crippen molar-refractivity contribution in [1.29, 1.82) is 0 Å². The van der Waals surface area contributed by atoms with Gasteiger partial charge >= 0.3 is 0 Å². The van der Waals surface area contributed by atoms with Gasteiger partial charge in [-0.2, -0.15) is 5.10 Å². The Morgan fingerprint density at radius 1 is 1.29 bits per heavy atom. The van der Waals surface area contributed by atoms with Crippen molar-refractivity contribution in [2.45, 2.75) is 6.54 Å². The molecule has 4 nitrogen and oxygen atoms in total. The van der Waals surface area contributed by atoms with Gasteiger partial charge in [0.25, 0.3) is 5.56 Å².